The smallest absolute Gasteiger partial charge is 0.0640 e. The third-order valence-electron chi connectivity index (χ3n) is 3.25. The quantitative estimate of drug-likeness (QED) is 0.738. The molecule has 0 aliphatic carbocycles. The molecule has 1 aromatic carbocycles. The van der Waals surface area contributed by atoms with Crippen LogP contribution in [0.2, 0.25) is 0 Å². The lowest BCUT2D eigenvalue weighted by Gasteiger charge is -2.11. The van der Waals surface area contributed by atoms with Crippen molar-refractivity contribution in [3.63, 3.8) is 0 Å². The van der Waals surface area contributed by atoms with Crippen LogP contribution in [-0.4, -0.2) is 4.98 Å². The minimum absolute atomic E-state index is 0.0143. The maximum atomic E-state index is 6.46. The summed E-state index contributed by atoms with van der Waals surface area (Å²) < 4.78 is 0. The molecule has 2 aromatic rings. The summed E-state index contributed by atoms with van der Waals surface area (Å²) in [4.78, 5) is 4.40. The zero-order valence-corrected chi connectivity index (χ0v) is 11.8. The van der Waals surface area contributed by atoms with Crippen LogP contribution in [0.5, 0.6) is 0 Å². The Kier molecular flexibility index (Phi) is 4.03. The highest BCUT2D eigenvalue weighted by atomic mass is 35.5. The summed E-state index contributed by atoms with van der Waals surface area (Å²) in [5.74, 6) is 0. The van der Waals surface area contributed by atoms with E-state index in [0.29, 0.717) is 0 Å². The van der Waals surface area contributed by atoms with Crippen molar-refractivity contribution >= 4 is 11.6 Å². The molecule has 0 spiro atoms. The molecule has 1 nitrogen and oxygen atoms in total. The van der Waals surface area contributed by atoms with Crippen molar-refractivity contribution in [3.8, 4) is 0 Å². The Labute approximate surface area is 114 Å². The molecule has 1 atom stereocenters. The Morgan fingerprint density at radius 1 is 1.06 bits per heavy atom. The fourth-order valence-electron chi connectivity index (χ4n) is 1.88. The van der Waals surface area contributed by atoms with Gasteiger partial charge in [-0.15, -0.1) is 11.6 Å². The van der Waals surface area contributed by atoms with E-state index in [2.05, 4.69) is 43.1 Å². The summed E-state index contributed by atoms with van der Waals surface area (Å²) in [6.07, 6.45) is 2.66. The van der Waals surface area contributed by atoms with E-state index >= 15 is 0 Å². The van der Waals surface area contributed by atoms with Gasteiger partial charge in [0.2, 0.25) is 0 Å². The number of aromatic nitrogens is 1. The van der Waals surface area contributed by atoms with Crippen LogP contribution >= 0.6 is 11.6 Å². The molecule has 0 aliphatic heterocycles. The van der Waals surface area contributed by atoms with E-state index in [9.17, 15) is 0 Å². The summed E-state index contributed by atoms with van der Waals surface area (Å²) in [6.45, 7) is 6.27. The highest BCUT2D eigenvalue weighted by Crippen LogP contribution is 2.26. The number of alkyl halides is 1. The average Bonchev–Trinajstić information content (AvgIpc) is 2.35. The van der Waals surface area contributed by atoms with E-state index in [1.807, 2.05) is 19.2 Å². The zero-order valence-electron chi connectivity index (χ0n) is 11.1. The van der Waals surface area contributed by atoms with Gasteiger partial charge in [0, 0.05) is 18.3 Å². The lowest BCUT2D eigenvalue weighted by molar-refractivity contribution is 0.877. The first-order valence-electron chi connectivity index (χ1n) is 6.19. The minimum Gasteiger partial charge on any atom is -0.261 e. The topological polar surface area (TPSA) is 12.9 Å². The summed E-state index contributed by atoms with van der Waals surface area (Å²) >= 11 is 6.46. The van der Waals surface area contributed by atoms with E-state index in [1.54, 1.807) is 0 Å². The summed E-state index contributed by atoms with van der Waals surface area (Å²) in [5, 5.41) is -0.0143. The Morgan fingerprint density at radius 3 is 2.44 bits per heavy atom. The van der Waals surface area contributed by atoms with Crippen molar-refractivity contribution in [2.24, 2.45) is 0 Å². The van der Waals surface area contributed by atoms with Crippen LogP contribution in [0.15, 0.2) is 36.5 Å². The number of halogens is 1. The van der Waals surface area contributed by atoms with Crippen molar-refractivity contribution in [3.05, 3.63) is 64.5 Å². The van der Waals surface area contributed by atoms with Gasteiger partial charge in [0.25, 0.3) is 0 Å². The van der Waals surface area contributed by atoms with Crippen molar-refractivity contribution in [1.29, 1.82) is 0 Å². The molecule has 1 unspecified atom stereocenters. The highest BCUT2D eigenvalue weighted by molar-refractivity contribution is 6.20. The maximum Gasteiger partial charge on any atom is 0.0640 e. The van der Waals surface area contributed by atoms with Gasteiger partial charge in [-0.2, -0.15) is 0 Å². The molecule has 0 fully saturated rings. The van der Waals surface area contributed by atoms with Gasteiger partial charge < -0.3 is 0 Å². The Morgan fingerprint density at radius 2 is 1.83 bits per heavy atom. The van der Waals surface area contributed by atoms with Gasteiger partial charge >= 0.3 is 0 Å². The predicted molar refractivity (Wildman–Crippen MR) is 77.2 cm³/mol. The molecule has 0 N–H and O–H groups in total. The van der Waals surface area contributed by atoms with Crippen molar-refractivity contribution in [2.75, 3.05) is 0 Å². The molecule has 0 aliphatic rings. The SMILES string of the molecule is Cc1ccc(CC(Cl)c2ccc(C)c(C)c2)nc1. The van der Waals surface area contributed by atoms with Gasteiger partial charge in [0.1, 0.15) is 0 Å². The van der Waals surface area contributed by atoms with E-state index in [4.69, 9.17) is 11.6 Å². The molecule has 18 heavy (non-hydrogen) atoms. The first-order valence-corrected chi connectivity index (χ1v) is 6.62. The maximum absolute atomic E-state index is 6.46. The fourth-order valence-corrected chi connectivity index (χ4v) is 2.17. The number of hydrogen-bond donors (Lipinski definition) is 0. The van der Waals surface area contributed by atoms with Gasteiger partial charge in [0.05, 0.1) is 5.38 Å². The molecule has 0 saturated heterocycles. The first-order chi connectivity index (χ1) is 8.56. The fraction of sp³-hybridized carbons (Fsp3) is 0.312. The summed E-state index contributed by atoms with van der Waals surface area (Å²) in [6, 6.07) is 10.5. The lowest BCUT2D eigenvalue weighted by atomic mass is 10.0. The van der Waals surface area contributed by atoms with E-state index in [1.165, 1.54) is 22.3 Å². The number of pyridine rings is 1. The third kappa shape index (κ3) is 3.11. The molecule has 2 heteroatoms. The largest absolute Gasteiger partial charge is 0.261 e. The summed E-state index contributed by atoms with van der Waals surface area (Å²) in [5.41, 5.74) is 5.98. The van der Waals surface area contributed by atoms with Crippen LogP contribution in [0.3, 0.4) is 0 Å². The van der Waals surface area contributed by atoms with E-state index in [0.717, 1.165) is 12.1 Å². The second kappa shape index (κ2) is 5.53. The van der Waals surface area contributed by atoms with Gasteiger partial charge in [0.15, 0.2) is 0 Å². The first kappa shape index (κ1) is 13.1. The van der Waals surface area contributed by atoms with Gasteiger partial charge in [-0.05, 0) is 49.1 Å². The van der Waals surface area contributed by atoms with Crippen molar-refractivity contribution < 1.29 is 0 Å². The summed E-state index contributed by atoms with van der Waals surface area (Å²) in [7, 11) is 0. The van der Waals surface area contributed by atoms with E-state index < -0.39 is 0 Å². The predicted octanol–water partition coefficient (Wildman–Crippen LogP) is 4.53. The van der Waals surface area contributed by atoms with Crippen molar-refractivity contribution in [1.82, 2.24) is 4.98 Å². The number of nitrogens with zero attached hydrogens (tertiary/aromatic N) is 1. The van der Waals surface area contributed by atoms with Gasteiger partial charge in [-0.3, -0.25) is 4.98 Å². The number of benzene rings is 1. The number of rotatable bonds is 3. The normalized spacial score (nSPS) is 12.4. The second-order valence-electron chi connectivity index (χ2n) is 4.84. The Bertz CT molecular complexity index is 531. The molecular formula is C16H18ClN. The molecule has 1 aromatic heterocycles. The molecule has 0 amide bonds. The molecule has 0 bridgehead atoms. The monoisotopic (exact) mass is 259 g/mol. The number of aryl methyl sites for hydroxylation is 3. The van der Waals surface area contributed by atoms with E-state index in [-0.39, 0.29) is 5.38 Å². The van der Waals surface area contributed by atoms with Gasteiger partial charge in [-0.1, -0.05) is 24.3 Å². The number of hydrogen-bond acceptors (Lipinski definition) is 1. The van der Waals surface area contributed by atoms with Crippen molar-refractivity contribution in [2.45, 2.75) is 32.6 Å². The van der Waals surface area contributed by atoms with Crippen LogP contribution in [0.4, 0.5) is 0 Å². The third-order valence-corrected chi connectivity index (χ3v) is 3.66. The van der Waals surface area contributed by atoms with Crippen LogP contribution in [0, 0.1) is 20.8 Å². The Hall–Kier alpha value is -1.34. The molecular weight excluding hydrogens is 242 g/mol. The second-order valence-corrected chi connectivity index (χ2v) is 5.37. The molecule has 94 valence electrons. The Balaban J connectivity index is 2.13. The molecule has 2 rings (SSSR count). The van der Waals surface area contributed by atoms with Crippen LogP contribution in [-0.2, 0) is 6.42 Å². The molecule has 0 radical (unpaired) electrons. The van der Waals surface area contributed by atoms with Crippen LogP contribution in [0.25, 0.3) is 0 Å². The lowest BCUT2D eigenvalue weighted by Crippen LogP contribution is -1.99. The van der Waals surface area contributed by atoms with Crippen LogP contribution < -0.4 is 0 Å². The van der Waals surface area contributed by atoms with Crippen LogP contribution in [0.1, 0.15) is 33.3 Å². The molecule has 0 saturated carbocycles. The minimum atomic E-state index is -0.0143. The average molecular weight is 260 g/mol. The molecule has 1 heterocycles. The van der Waals surface area contributed by atoms with Gasteiger partial charge in [-0.25, -0.2) is 0 Å². The standard InChI is InChI=1S/C16H18ClN/c1-11-4-7-15(18-10-11)9-16(17)14-6-5-12(2)13(3)8-14/h4-8,10,16H,9H2,1-3H3. The highest BCUT2D eigenvalue weighted by Gasteiger charge is 2.10. The zero-order chi connectivity index (χ0) is 13.1.